The molecule has 0 saturated heterocycles. The molecule has 0 saturated carbocycles. The number of nitrogens with zero attached hydrogens (tertiary/aromatic N) is 3. The minimum Gasteiger partial charge on any atom is -0.346 e. The van der Waals surface area contributed by atoms with E-state index in [4.69, 9.17) is 0 Å². The maximum Gasteiger partial charge on any atom is 0.150 e. The van der Waals surface area contributed by atoms with Crippen molar-refractivity contribution in [3.63, 3.8) is 0 Å². The normalized spacial score (nSPS) is 11.0. The molecule has 0 spiro atoms. The van der Waals surface area contributed by atoms with Crippen LogP contribution in [0.4, 0.5) is 0 Å². The maximum atomic E-state index is 11.0. The Labute approximate surface area is 111 Å². The number of hydrogen-bond acceptors (Lipinski definition) is 2. The van der Waals surface area contributed by atoms with Gasteiger partial charge >= 0.3 is 0 Å². The van der Waals surface area contributed by atoms with E-state index in [0.29, 0.717) is 0 Å². The number of aryl methyl sites for hydroxylation is 3. The van der Waals surface area contributed by atoms with Crippen molar-refractivity contribution in [1.29, 1.82) is 0 Å². The lowest BCUT2D eigenvalue weighted by Gasteiger charge is -2.08. The summed E-state index contributed by atoms with van der Waals surface area (Å²) in [6.07, 6.45) is 6.74. The Morgan fingerprint density at radius 2 is 2.00 bits per heavy atom. The summed E-state index contributed by atoms with van der Waals surface area (Å²) in [6.45, 7) is 3.74. The highest BCUT2D eigenvalue weighted by molar-refractivity contribution is 5.97. The van der Waals surface area contributed by atoms with Gasteiger partial charge in [-0.05, 0) is 19.1 Å². The number of carbonyl (C=O) groups is 1. The summed E-state index contributed by atoms with van der Waals surface area (Å²) in [4.78, 5) is 15.2. The lowest BCUT2D eigenvalue weighted by molar-refractivity contribution is 0.112. The molecule has 0 aliphatic carbocycles. The molecule has 0 fully saturated rings. The summed E-state index contributed by atoms with van der Waals surface area (Å²) >= 11 is 0. The van der Waals surface area contributed by atoms with Crippen LogP contribution < -0.4 is 0 Å². The average Bonchev–Trinajstić information content (AvgIpc) is 3.02. The predicted octanol–water partition coefficient (Wildman–Crippen LogP) is 2.66. The van der Waals surface area contributed by atoms with E-state index in [-0.39, 0.29) is 0 Å². The quantitative estimate of drug-likeness (QED) is 0.671. The molecule has 0 aliphatic heterocycles. The molecule has 3 aromatic rings. The molecule has 0 N–H and O–H groups in total. The molecule has 0 aliphatic rings. The Hall–Kier alpha value is -2.36. The van der Waals surface area contributed by atoms with Gasteiger partial charge in [-0.3, -0.25) is 4.79 Å². The molecule has 0 bridgehead atoms. The molecule has 0 unspecified atom stereocenters. The molecule has 0 atom stereocenters. The summed E-state index contributed by atoms with van der Waals surface area (Å²) in [5.74, 6) is 1.02. The second kappa shape index (κ2) is 4.72. The van der Waals surface area contributed by atoms with Gasteiger partial charge < -0.3 is 9.13 Å². The predicted molar refractivity (Wildman–Crippen MR) is 74.3 cm³/mol. The lowest BCUT2D eigenvalue weighted by Crippen LogP contribution is -2.07. The van der Waals surface area contributed by atoms with Crippen molar-refractivity contribution < 1.29 is 4.79 Å². The van der Waals surface area contributed by atoms with Crippen LogP contribution in [0.25, 0.3) is 10.9 Å². The first-order valence-corrected chi connectivity index (χ1v) is 6.30. The lowest BCUT2D eigenvalue weighted by atomic mass is 10.1. The van der Waals surface area contributed by atoms with Crippen LogP contribution in [-0.4, -0.2) is 20.4 Å². The molecule has 3 rings (SSSR count). The third-order valence-electron chi connectivity index (χ3n) is 3.48. The van der Waals surface area contributed by atoms with Crippen LogP contribution in [0.2, 0.25) is 0 Å². The second-order valence-corrected chi connectivity index (χ2v) is 4.57. The Balaban J connectivity index is 1.90. The number of hydrogen-bond donors (Lipinski definition) is 0. The van der Waals surface area contributed by atoms with E-state index in [9.17, 15) is 4.79 Å². The summed E-state index contributed by atoms with van der Waals surface area (Å²) in [6, 6.07) is 7.81. The van der Waals surface area contributed by atoms with Gasteiger partial charge in [-0.2, -0.15) is 0 Å². The summed E-state index contributed by atoms with van der Waals surface area (Å²) in [7, 11) is 0. The van der Waals surface area contributed by atoms with E-state index in [1.807, 2.05) is 49.8 Å². The molecule has 4 heteroatoms. The molecule has 0 amide bonds. The third kappa shape index (κ3) is 2.05. The van der Waals surface area contributed by atoms with Crippen LogP contribution in [-0.2, 0) is 13.1 Å². The van der Waals surface area contributed by atoms with Crippen LogP contribution in [0.1, 0.15) is 16.2 Å². The molecule has 2 aromatic heterocycles. The van der Waals surface area contributed by atoms with Crippen LogP contribution in [0.5, 0.6) is 0 Å². The molecular weight excluding hydrogens is 238 g/mol. The number of fused-ring (bicyclic) bond motifs is 1. The zero-order chi connectivity index (χ0) is 13.2. The van der Waals surface area contributed by atoms with Gasteiger partial charge in [0.05, 0.1) is 0 Å². The largest absolute Gasteiger partial charge is 0.346 e. The maximum absolute atomic E-state index is 11.0. The molecule has 1 aromatic carbocycles. The fourth-order valence-electron chi connectivity index (χ4n) is 2.40. The zero-order valence-corrected chi connectivity index (χ0v) is 10.8. The standard InChI is InChI=1S/C15H15N3O/c1-12-16-6-8-17(12)9-10-18-7-5-14-13(11-19)3-2-4-15(14)18/h2-8,11H,9-10H2,1H3. The summed E-state index contributed by atoms with van der Waals surface area (Å²) in [5.41, 5.74) is 1.84. The van der Waals surface area contributed by atoms with Gasteiger partial charge in [-0.25, -0.2) is 4.98 Å². The summed E-state index contributed by atoms with van der Waals surface area (Å²) < 4.78 is 4.29. The first-order chi connectivity index (χ1) is 9.29. The van der Waals surface area contributed by atoms with Crippen molar-refractivity contribution >= 4 is 17.2 Å². The highest BCUT2D eigenvalue weighted by Gasteiger charge is 2.05. The van der Waals surface area contributed by atoms with Gasteiger partial charge in [0.2, 0.25) is 0 Å². The fraction of sp³-hybridized carbons (Fsp3) is 0.200. The molecule has 4 nitrogen and oxygen atoms in total. The highest BCUT2D eigenvalue weighted by atomic mass is 16.1. The number of imidazole rings is 1. The molecule has 0 radical (unpaired) electrons. The molecule has 19 heavy (non-hydrogen) atoms. The highest BCUT2D eigenvalue weighted by Crippen LogP contribution is 2.19. The number of aldehydes is 1. The first kappa shape index (κ1) is 11.7. The smallest absolute Gasteiger partial charge is 0.150 e. The van der Waals surface area contributed by atoms with Crippen molar-refractivity contribution in [2.45, 2.75) is 20.0 Å². The molecule has 2 heterocycles. The van der Waals surface area contributed by atoms with Crippen LogP contribution in [0.15, 0.2) is 42.9 Å². The number of rotatable bonds is 4. The van der Waals surface area contributed by atoms with E-state index < -0.39 is 0 Å². The van der Waals surface area contributed by atoms with Crippen molar-refractivity contribution in [3.8, 4) is 0 Å². The number of carbonyl (C=O) groups excluding carboxylic acids is 1. The van der Waals surface area contributed by atoms with Crippen LogP contribution >= 0.6 is 0 Å². The van der Waals surface area contributed by atoms with E-state index in [1.165, 1.54) is 0 Å². The Kier molecular flexibility index (Phi) is 2.91. The third-order valence-corrected chi connectivity index (χ3v) is 3.48. The molecular formula is C15H15N3O. The van der Waals surface area contributed by atoms with Crippen molar-refractivity contribution in [2.75, 3.05) is 0 Å². The number of benzene rings is 1. The average molecular weight is 253 g/mol. The Morgan fingerprint density at radius 1 is 1.16 bits per heavy atom. The minimum absolute atomic E-state index is 0.745. The van der Waals surface area contributed by atoms with Gasteiger partial charge in [0.1, 0.15) is 5.82 Å². The van der Waals surface area contributed by atoms with Gasteiger partial charge in [0, 0.05) is 48.1 Å². The van der Waals surface area contributed by atoms with Crippen LogP contribution in [0.3, 0.4) is 0 Å². The van der Waals surface area contributed by atoms with E-state index >= 15 is 0 Å². The Bertz CT molecular complexity index is 724. The van der Waals surface area contributed by atoms with Gasteiger partial charge in [0.25, 0.3) is 0 Å². The minimum atomic E-state index is 0.745. The van der Waals surface area contributed by atoms with Crippen molar-refractivity contribution in [3.05, 3.63) is 54.2 Å². The van der Waals surface area contributed by atoms with Gasteiger partial charge in [-0.1, -0.05) is 12.1 Å². The van der Waals surface area contributed by atoms with E-state index in [1.54, 1.807) is 0 Å². The summed E-state index contributed by atoms with van der Waals surface area (Å²) in [5, 5.41) is 1.01. The van der Waals surface area contributed by atoms with Gasteiger partial charge in [-0.15, -0.1) is 0 Å². The van der Waals surface area contributed by atoms with Crippen molar-refractivity contribution in [2.24, 2.45) is 0 Å². The van der Waals surface area contributed by atoms with Crippen molar-refractivity contribution in [1.82, 2.24) is 14.1 Å². The zero-order valence-electron chi connectivity index (χ0n) is 10.8. The number of aromatic nitrogens is 3. The van der Waals surface area contributed by atoms with Crippen LogP contribution in [0, 0.1) is 6.92 Å². The molecule has 96 valence electrons. The Morgan fingerprint density at radius 3 is 2.74 bits per heavy atom. The topological polar surface area (TPSA) is 39.8 Å². The van der Waals surface area contributed by atoms with Gasteiger partial charge in [0.15, 0.2) is 6.29 Å². The van der Waals surface area contributed by atoms with E-state index in [0.717, 1.165) is 41.7 Å². The second-order valence-electron chi connectivity index (χ2n) is 4.57. The first-order valence-electron chi connectivity index (χ1n) is 6.30. The monoisotopic (exact) mass is 253 g/mol. The SMILES string of the molecule is Cc1nccn1CCn1ccc2c(C=O)cccc21. The van der Waals surface area contributed by atoms with E-state index in [2.05, 4.69) is 14.1 Å². The fourth-order valence-corrected chi connectivity index (χ4v) is 2.40.